The first-order chi connectivity index (χ1) is 13.6. The first-order valence-corrected chi connectivity index (χ1v) is 8.98. The van der Waals surface area contributed by atoms with Gasteiger partial charge in [-0.15, -0.1) is 0 Å². The fraction of sp³-hybridized carbons (Fsp3) is 0.250. The van der Waals surface area contributed by atoms with Gasteiger partial charge in [-0.2, -0.15) is 8.78 Å². The van der Waals surface area contributed by atoms with Crippen LogP contribution in [0, 0.1) is 0 Å². The van der Waals surface area contributed by atoms with Gasteiger partial charge in [0.05, 0.1) is 11.0 Å². The average Bonchev–Trinajstić information content (AvgIpc) is 3.22. The Balaban J connectivity index is 1.62. The van der Waals surface area contributed by atoms with Crippen molar-refractivity contribution in [1.82, 2.24) is 9.97 Å². The average molecular weight is 384 g/mol. The number of hydrogen-bond acceptors (Lipinski definition) is 5. The number of anilines is 2. The van der Waals surface area contributed by atoms with Crippen LogP contribution in [-0.4, -0.2) is 35.6 Å². The number of fused-ring (bicyclic) bond motifs is 1. The number of hydrogen-bond donors (Lipinski definition) is 1. The summed E-state index contributed by atoms with van der Waals surface area (Å²) in [5.41, 5.74) is 1.75. The van der Waals surface area contributed by atoms with E-state index in [1.807, 2.05) is 24.3 Å². The fourth-order valence-electron chi connectivity index (χ4n) is 3.19. The molecule has 2 aromatic carbocycles. The van der Waals surface area contributed by atoms with Crippen LogP contribution in [0.1, 0.15) is 23.2 Å². The summed E-state index contributed by atoms with van der Waals surface area (Å²) in [5, 5.41) is 2.81. The molecule has 28 heavy (non-hydrogen) atoms. The second-order valence-corrected chi connectivity index (χ2v) is 6.44. The van der Waals surface area contributed by atoms with E-state index in [1.54, 1.807) is 0 Å². The molecule has 2 heterocycles. The number of carbonyl (C=O) groups excluding carboxylic acids is 1. The lowest BCUT2D eigenvalue weighted by molar-refractivity contribution is -0.0498. The summed E-state index contributed by atoms with van der Waals surface area (Å²) in [5.74, 6) is 0.629. The topological polar surface area (TPSA) is 67.4 Å². The molecule has 0 radical (unpaired) electrons. The molecular weight excluding hydrogens is 366 g/mol. The van der Waals surface area contributed by atoms with Gasteiger partial charge in [0.15, 0.2) is 11.6 Å². The highest BCUT2D eigenvalue weighted by Gasteiger charge is 2.21. The number of benzene rings is 2. The van der Waals surface area contributed by atoms with Gasteiger partial charge in [0, 0.05) is 18.7 Å². The molecule has 0 aliphatic carbocycles. The van der Waals surface area contributed by atoms with Crippen LogP contribution < -0.4 is 15.0 Å². The van der Waals surface area contributed by atoms with Gasteiger partial charge in [-0.05, 0) is 49.2 Å². The highest BCUT2D eigenvalue weighted by Crippen LogP contribution is 2.28. The molecule has 0 spiro atoms. The molecule has 3 aromatic rings. The van der Waals surface area contributed by atoms with Gasteiger partial charge in [-0.3, -0.25) is 4.79 Å². The third-order valence-electron chi connectivity index (χ3n) is 4.53. The standard InChI is InChI=1S/C20H18F2N4O2/c21-20(22)28-14-9-7-13(8-10-14)19(27)25-17-18(26-11-3-4-12-26)24-16-6-2-1-5-15(16)23-17/h1-2,5-10,20H,3-4,11-12H2,(H,23,25,27). The number of para-hydroxylation sites is 2. The summed E-state index contributed by atoms with van der Waals surface area (Å²) in [7, 11) is 0. The number of halogens is 2. The van der Waals surface area contributed by atoms with E-state index in [-0.39, 0.29) is 5.75 Å². The highest BCUT2D eigenvalue weighted by molar-refractivity contribution is 6.05. The molecule has 0 unspecified atom stereocenters. The Morgan fingerprint density at radius 2 is 1.64 bits per heavy atom. The molecule has 0 atom stereocenters. The smallest absolute Gasteiger partial charge is 0.387 e. The van der Waals surface area contributed by atoms with Crippen LogP contribution in [0.15, 0.2) is 48.5 Å². The molecule has 1 N–H and O–H groups in total. The minimum atomic E-state index is -2.91. The minimum absolute atomic E-state index is 0.00481. The second kappa shape index (κ2) is 7.75. The second-order valence-electron chi connectivity index (χ2n) is 6.44. The van der Waals surface area contributed by atoms with Crippen molar-refractivity contribution in [2.24, 2.45) is 0 Å². The first-order valence-electron chi connectivity index (χ1n) is 8.98. The summed E-state index contributed by atoms with van der Waals surface area (Å²) in [6.07, 6.45) is 2.13. The summed E-state index contributed by atoms with van der Waals surface area (Å²) in [6, 6.07) is 13.0. The quantitative estimate of drug-likeness (QED) is 0.718. The highest BCUT2D eigenvalue weighted by atomic mass is 19.3. The zero-order valence-electron chi connectivity index (χ0n) is 14.9. The minimum Gasteiger partial charge on any atom is -0.435 e. The predicted octanol–water partition coefficient (Wildman–Crippen LogP) is 4.08. The normalized spacial score (nSPS) is 13.9. The Morgan fingerprint density at radius 3 is 2.29 bits per heavy atom. The molecule has 1 amide bonds. The molecule has 0 saturated carbocycles. The van der Waals surface area contributed by atoms with Gasteiger partial charge in [0.1, 0.15) is 5.75 Å². The summed E-state index contributed by atoms with van der Waals surface area (Å²) in [6.45, 7) is -1.19. The van der Waals surface area contributed by atoms with Crippen molar-refractivity contribution in [3.05, 3.63) is 54.1 Å². The number of alkyl halides is 2. The maximum atomic E-state index is 12.7. The lowest BCUT2D eigenvalue weighted by atomic mass is 10.2. The Hall–Kier alpha value is -3.29. The lowest BCUT2D eigenvalue weighted by Crippen LogP contribution is -2.23. The summed E-state index contributed by atoms with van der Waals surface area (Å²) in [4.78, 5) is 24.0. The zero-order chi connectivity index (χ0) is 19.5. The van der Waals surface area contributed by atoms with Crippen molar-refractivity contribution in [2.45, 2.75) is 19.5 Å². The number of nitrogens with one attached hydrogen (secondary N) is 1. The van der Waals surface area contributed by atoms with E-state index in [2.05, 4.69) is 19.9 Å². The van der Waals surface area contributed by atoms with Crippen molar-refractivity contribution in [2.75, 3.05) is 23.3 Å². The van der Waals surface area contributed by atoms with Crippen molar-refractivity contribution < 1.29 is 18.3 Å². The molecule has 6 nitrogen and oxygen atoms in total. The van der Waals surface area contributed by atoms with E-state index in [0.29, 0.717) is 22.7 Å². The zero-order valence-corrected chi connectivity index (χ0v) is 14.9. The molecule has 1 aliphatic heterocycles. The number of aromatic nitrogens is 2. The summed E-state index contributed by atoms with van der Waals surface area (Å²) < 4.78 is 28.8. The number of nitrogens with zero attached hydrogens (tertiary/aromatic N) is 3. The van der Waals surface area contributed by atoms with Gasteiger partial charge in [-0.25, -0.2) is 9.97 Å². The largest absolute Gasteiger partial charge is 0.435 e. The van der Waals surface area contributed by atoms with Crippen LogP contribution in [0.25, 0.3) is 11.0 Å². The van der Waals surface area contributed by atoms with Crippen molar-refractivity contribution in [3.63, 3.8) is 0 Å². The lowest BCUT2D eigenvalue weighted by Gasteiger charge is -2.20. The number of carbonyl (C=O) groups is 1. The van der Waals surface area contributed by atoms with Crippen molar-refractivity contribution >= 4 is 28.6 Å². The number of ether oxygens (including phenoxy) is 1. The van der Waals surface area contributed by atoms with Gasteiger partial charge >= 0.3 is 6.61 Å². The van der Waals surface area contributed by atoms with Gasteiger partial charge in [0.25, 0.3) is 5.91 Å². The van der Waals surface area contributed by atoms with Crippen LogP contribution in [-0.2, 0) is 0 Å². The van der Waals surface area contributed by atoms with Crippen LogP contribution in [0.2, 0.25) is 0 Å². The maximum Gasteiger partial charge on any atom is 0.387 e. The van der Waals surface area contributed by atoms with Crippen LogP contribution in [0.5, 0.6) is 5.75 Å². The molecule has 0 bridgehead atoms. The number of rotatable bonds is 5. The molecule has 8 heteroatoms. The van der Waals surface area contributed by atoms with Gasteiger partial charge < -0.3 is 15.0 Å². The molecule has 4 rings (SSSR count). The maximum absolute atomic E-state index is 12.7. The van der Waals surface area contributed by atoms with Crippen LogP contribution in [0.3, 0.4) is 0 Å². The number of amides is 1. The third-order valence-corrected chi connectivity index (χ3v) is 4.53. The predicted molar refractivity (Wildman–Crippen MR) is 102 cm³/mol. The molecule has 1 aliphatic rings. The first kappa shape index (κ1) is 18.1. The molecule has 1 fully saturated rings. The SMILES string of the molecule is O=C(Nc1nc2ccccc2nc1N1CCCC1)c1ccc(OC(F)F)cc1. The van der Waals surface area contributed by atoms with Crippen molar-refractivity contribution in [1.29, 1.82) is 0 Å². The summed E-state index contributed by atoms with van der Waals surface area (Å²) >= 11 is 0. The third kappa shape index (κ3) is 3.85. The van der Waals surface area contributed by atoms with Crippen molar-refractivity contribution in [3.8, 4) is 5.75 Å². The fourth-order valence-corrected chi connectivity index (χ4v) is 3.19. The van der Waals surface area contributed by atoms with E-state index in [0.717, 1.165) is 31.4 Å². The van der Waals surface area contributed by atoms with E-state index in [4.69, 9.17) is 4.98 Å². The molecule has 1 saturated heterocycles. The Morgan fingerprint density at radius 1 is 1.00 bits per heavy atom. The van der Waals surface area contributed by atoms with E-state index in [9.17, 15) is 13.6 Å². The van der Waals surface area contributed by atoms with Crippen LogP contribution >= 0.6 is 0 Å². The van der Waals surface area contributed by atoms with Gasteiger partial charge in [-0.1, -0.05) is 12.1 Å². The Labute approximate surface area is 160 Å². The van der Waals surface area contributed by atoms with E-state index in [1.165, 1.54) is 24.3 Å². The molecular formula is C20H18F2N4O2. The molecule has 1 aromatic heterocycles. The van der Waals surface area contributed by atoms with E-state index < -0.39 is 12.5 Å². The monoisotopic (exact) mass is 384 g/mol. The van der Waals surface area contributed by atoms with E-state index >= 15 is 0 Å². The van der Waals surface area contributed by atoms with Gasteiger partial charge in [0.2, 0.25) is 0 Å². The Bertz CT molecular complexity index is 989. The van der Waals surface area contributed by atoms with Crippen LogP contribution in [0.4, 0.5) is 20.4 Å². The molecule has 144 valence electrons. The Kier molecular flexibility index (Phi) is 5.01.